The van der Waals surface area contributed by atoms with Gasteiger partial charge in [-0.15, -0.1) is 0 Å². The maximum atomic E-state index is 13.6. The summed E-state index contributed by atoms with van der Waals surface area (Å²) in [5.41, 5.74) is 0.712. The molecule has 24 heavy (non-hydrogen) atoms. The van der Waals surface area contributed by atoms with Crippen LogP contribution in [-0.4, -0.2) is 26.4 Å². The summed E-state index contributed by atoms with van der Waals surface area (Å²) in [5, 5.41) is 0.238. The van der Waals surface area contributed by atoms with E-state index in [2.05, 4.69) is 4.98 Å². The van der Waals surface area contributed by atoms with Crippen molar-refractivity contribution < 1.29 is 22.3 Å². The Morgan fingerprint density at radius 2 is 2.00 bits per heavy atom. The lowest BCUT2D eigenvalue weighted by Crippen LogP contribution is -2.32. The molecule has 0 aliphatic heterocycles. The fourth-order valence-corrected chi connectivity index (χ4v) is 3.17. The van der Waals surface area contributed by atoms with Gasteiger partial charge in [0.2, 0.25) is 15.9 Å². The summed E-state index contributed by atoms with van der Waals surface area (Å²) in [7, 11) is -2.57. The van der Waals surface area contributed by atoms with Gasteiger partial charge in [0.25, 0.3) is 0 Å². The Labute approximate surface area is 143 Å². The van der Waals surface area contributed by atoms with Crippen molar-refractivity contribution in [2.75, 3.05) is 7.11 Å². The molecular weight excluding hydrogens is 359 g/mol. The Morgan fingerprint density at radius 3 is 2.58 bits per heavy atom. The van der Waals surface area contributed by atoms with Crippen molar-refractivity contribution in [1.29, 1.82) is 0 Å². The Bertz CT molecular complexity index is 841. The van der Waals surface area contributed by atoms with Crippen molar-refractivity contribution in [3.63, 3.8) is 0 Å². The van der Waals surface area contributed by atoms with Crippen molar-refractivity contribution >= 4 is 27.5 Å². The van der Waals surface area contributed by atoms with Crippen molar-refractivity contribution in [3.8, 4) is 5.75 Å². The molecule has 0 unspecified atom stereocenters. The lowest BCUT2D eigenvalue weighted by Gasteiger charge is -2.08. The molecule has 9 heteroatoms. The fourth-order valence-electron chi connectivity index (χ4n) is 1.96. The van der Waals surface area contributed by atoms with Crippen LogP contribution in [0.15, 0.2) is 36.5 Å². The van der Waals surface area contributed by atoms with E-state index in [1.165, 1.54) is 37.6 Å². The number of carbonyl (C=O) groups is 1. The number of benzene rings is 1. The van der Waals surface area contributed by atoms with Crippen LogP contribution in [0.4, 0.5) is 4.39 Å². The number of ether oxygens (including phenoxy) is 1. The first kappa shape index (κ1) is 18.2. The molecule has 0 fully saturated rings. The van der Waals surface area contributed by atoms with Crippen LogP contribution in [0.2, 0.25) is 5.15 Å². The number of nitrogens with one attached hydrogen (secondary N) is 1. The molecule has 1 N–H and O–H groups in total. The number of amides is 1. The Kier molecular flexibility index (Phi) is 5.74. The third-order valence-electron chi connectivity index (χ3n) is 3.00. The molecule has 1 heterocycles. The van der Waals surface area contributed by atoms with E-state index in [0.717, 1.165) is 6.07 Å². The number of halogens is 2. The van der Waals surface area contributed by atoms with E-state index in [-0.39, 0.29) is 17.3 Å². The summed E-state index contributed by atoms with van der Waals surface area (Å²) >= 11 is 5.62. The van der Waals surface area contributed by atoms with Crippen molar-refractivity contribution in [2.24, 2.45) is 0 Å². The number of aromatic nitrogens is 1. The number of hydrogen-bond acceptors (Lipinski definition) is 5. The average molecular weight is 373 g/mol. The van der Waals surface area contributed by atoms with E-state index < -0.39 is 27.5 Å². The summed E-state index contributed by atoms with van der Waals surface area (Å²) in [6.45, 7) is 0. The predicted molar refractivity (Wildman–Crippen MR) is 86.7 cm³/mol. The number of nitrogens with zero attached hydrogens (tertiary/aromatic N) is 1. The molecule has 1 amide bonds. The first-order valence-electron chi connectivity index (χ1n) is 6.75. The van der Waals surface area contributed by atoms with Crippen molar-refractivity contribution in [3.05, 3.63) is 58.6 Å². The Balaban J connectivity index is 2.00. The molecule has 128 valence electrons. The second kappa shape index (κ2) is 7.59. The molecule has 6 nitrogen and oxygen atoms in total. The second-order valence-electron chi connectivity index (χ2n) is 4.92. The molecule has 0 radical (unpaired) electrons. The van der Waals surface area contributed by atoms with Crippen molar-refractivity contribution in [1.82, 2.24) is 9.71 Å². The molecule has 1 aromatic carbocycles. The van der Waals surface area contributed by atoms with Gasteiger partial charge < -0.3 is 4.74 Å². The minimum Gasteiger partial charge on any atom is -0.494 e. The van der Waals surface area contributed by atoms with Crippen LogP contribution in [-0.2, 0) is 27.0 Å². The van der Waals surface area contributed by atoms with E-state index >= 15 is 0 Å². The molecular formula is C15H14ClFN2O4S. The first-order chi connectivity index (χ1) is 11.3. The highest BCUT2D eigenvalue weighted by Crippen LogP contribution is 2.18. The zero-order valence-corrected chi connectivity index (χ0v) is 14.2. The van der Waals surface area contributed by atoms with Gasteiger partial charge in [0.1, 0.15) is 5.15 Å². The SMILES string of the molecule is COc1ccc(CC(=O)NS(=O)(=O)Cc2ccc(Cl)nc2)cc1F. The number of carbonyl (C=O) groups excluding carboxylic acids is 1. The van der Waals surface area contributed by atoms with Crippen LogP contribution in [0.3, 0.4) is 0 Å². The minimum atomic E-state index is -3.89. The molecule has 0 bridgehead atoms. The summed E-state index contributed by atoms with van der Waals surface area (Å²) in [5.74, 6) is -1.76. The van der Waals surface area contributed by atoms with Gasteiger partial charge in [-0.3, -0.25) is 9.52 Å². The van der Waals surface area contributed by atoms with Crippen LogP contribution in [0, 0.1) is 5.82 Å². The lowest BCUT2D eigenvalue weighted by molar-refractivity contribution is -0.118. The Hall–Kier alpha value is -2.19. The largest absolute Gasteiger partial charge is 0.494 e. The van der Waals surface area contributed by atoms with Gasteiger partial charge in [-0.1, -0.05) is 23.7 Å². The number of hydrogen-bond donors (Lipinski definition) is 1. The maximum absolute atomic E-state index is 13.6. The lowest BCUT2D eigenvalue weighted by atomic mass is 10.1. The zero-order valence-electron chi connectivity index (χ0n) is 12.6. The third kappa shape index (κ3) is 5.17. The first-order valence-corrected chi connectivity index (χ1v) is 8.78. The average Bonchev–Trinajstić information content (AvgIpc) is 2.49. The molecule has 0 atom stereocenters. The highest BCUT2D eigenvalue weighted by molar-refractivity contribution is 7.89. The van der Waals surface area contributed by atoms with E-state index in [0.29, 0.717) is 11.1 Å². The van der Waals surface area contributed by atoms with Gasteiger partial charge in [-0.05, 0) is 29.3 Å². The van der Waals surface area contributed by atoms with Gasteiger partial charge in [0, 0.05) is 6.20 Å². The maximum Gasteiger partial charge on any atom is 0.239 e. The standard InChI is InChI=1S/C15H14ClFN2O4S/c1-23-13-4-2-10(6-12(13)17)7-15(20)19-24(21,22)9-11-3-5-14(16)18-8-11/h2-6,8H,7,9H2,1H3,(H,19,20). The topological polar surface area (TPSA) is 85.4 Å². The normalized spacial score (nSPS) is 11.1. The van der Waals surface area contributed by atoms with Gasteiger partial charge in [-0.2, -0.15) is 0 Å². The second-order valence-corrected chi connectivity index (χ2v) is 7.03. The molecule has 0 saturated heterocycles. The van der Waals surface area contributed by atoms with Gasteiger partial charge in [0.05, 0.1) is 19.3 Å². The minimum absolute atomic E-state index is 0.0435. The van der Waals surface area contributed by atoms with Crippen LogP contribution < -0.4 is 9.46 Å². The van der Waals surface area contributed by atoms with Crippen LogP contribution in [0.25, 0.3) is 0 Å². The quantitative estimate of drug-likeness (QED) is 0.784. The molecule has 0 aliphatic carbocycles. The van der Waals surface area contributed by atoms with E-state index in [9.17, 15) is 17.6 Å². The number of rotatable bonds is 6. The summed E-state index contributed by atoms with van der Waals surface area (Å²) < 4.78 is 44.2. The monoisotopic (exact) mass is 372 g/mol. The van der Waals surface area contributed by atoms with Crippen LogP contribution in [0.5, 0.6) is 5.75 Å². The third-order valence-corrected chi connectivity index (χ3v) is 4.47. The van der Waals surface area contributed by atoms with Crippen molar-refractivity contribution in [2.45, 2.75) is 12.2 Å². The molecule has 2 aromatic rings. The molecule has 2 rings (SSSR count). The summed E-state index contributed by atoms with van der Waals surface area (Å²) in [4.78, 5) is 15.6. The molecule has 0 spiro atoms. The number of methoxy groups -OCH3 is 1. The van der Waals surface area contributed by atoms with Gasteiger partial charge in [0.15, 0.2) is 11.6 Å². The Morgan fingerprint density at radius 1 is 1.29 bits per heavy atom. The van der Waals surface area contributed by atoms with Gasteiger partial charge in [-0.25, -0.2) is 17.8 Å². The fraction of sp³-hybridized carbons (Fsp3) is 0.200. The smallest absolute Gasteiger partial charge is 0.239 e. The summed E-state index contributed by atoms with van der Waals surface area (Å²) in [6, 6.07) is 6.92. The predicted octanol–water partition coefficient (Wildman–Crippen LogP) is 2.07. The highest BCUT2D eigenvalue weighted by atomic mass is 35.5. The van der Waals surface area contributed by atoms with E-state index in [4.69, 9.17) is 16.3 Å². The molecule has 0 saturated carbocycles. The number of sulfonamides is 1. The molecule has 0 aliphatic rings. The zero-order chi connectivity index (χ0) is 17.7. The van der Waals surface area contributed by atoms with Crippen LogP contribution >= 0.6 is 11.6 Å². The molecule has 1 aromatic heterocycles. The number of pyridine rings is 1. The summed E-state index contributed by atoms with van der Waals surface area (Å²) in [6.07, 6.45) is 1.03. The highest BCUT2D eigenvalue weighted by Gasteiger charge is 2.16. The van der Waals surface area contributed by atoms with E-state index in [1.54, 1.807) is 0 Å². The van der Waals surface area contributed by atoms with Crippen LogP contribution in [0.1, 0.15) is 11.1 Å². The van der Waals surface area contributed by atoms with Gasteiger partial charge >= 0.3 is 0 Å². The van der Waals surface area contributed by atoms with E-state index in [1.807, 2.05) is 4.72 Å².